The maximum atomic E-state index is 8.70. The van der Waals surface area contributed by atoms with Crippen LogP contribution in [0.15, 0.2) is 18.2 Å². The third-order valence-electron chi connectivity index (χ3n) is 2.59. The van der Waals surface area contributed by atoms with Crippen molar-refractivity contribution >= 4 is 11.0 Å². The van der Waals surface area contributed by atoms with Gasteiger partial charge in [-0.1, -0.05) is 0 Å². The van der Waals surface area contributed by atoms with Crippen LogP contribution in [0.2, 0.25) is 0 Å². The highest BCUT2D eigenvalue weighted by atomic mass is 16.5. The van der Waals surface area contributed by atoms with Gasteiger partial charge in [-0.3, -0.25) is 0 Å². The summed E-state index contributed by atoms with van der Waals surface area (Å²) in [4.78, 5) is 4.46. The lowest BCUT2D eigenvalue weighted by Crippen LogP contribution is -2.02. The Morgan fingerprint density at radius 1 is 1.44 bits per heavy atom. The van der Waals surface area contributed by atoms with Crippen molar-refractivity contribution < 1.29 is 9.84 Å². The highest BCUT2D eigenvalue weighted by Gasteiger charge is 2.06. The highest BCUT2D eigenvalue weighted by Crippen LogP contribution is 2.21. The number of aliphatic hydroxyl groups excluding tert-OH is 1. The number of aliphatic hydroxyl groups is 1. The number of aryl methyl sites for hydroxylation is 2. The predicted octanol–water partition coefficient (Wildman–Crippen LogP) is 1.74. The SMILES string of the molecule is CCn1c(C)nc2ccc(OCCO)cc21. The minimum Gasteiger partial charge on any atom is -0.491 e. The molecule has 1 aromatic carbocycles. The van der Waals surface area contributed by atoms with Gasteiger partial charge in [0, 0.05) is 12.6 Å². The van der Waals surface area contributed by atoms with E-state index in [1.54, 1.807) is 0 Å². The summed E-state index contributed by atoms with van der Waals surface area (Å²) in [6.45, 7) is 5.34. The molecule has 2 aromatic rings. The molecule has 86 valence electrons. The number of fused-ring (bicyclic) bond motifs is 1. The second-order valence-corrected chi connectivity index (χ2v) is 3.63. The number of hydrogen-bond acceptors (Lipinski definition) is 3. The first-order chi connectivity index (χ1) is 7.76. The van der Waals surface area contributed by atoms with E-state index in [1.165, 1.54) is 0 Å². The van der Waals surface area contributed by atoms with Crippen LogP contribution in [-0.4, -0.2) is 27.9 Å². The fourth-order valence-electron chi connectivity index (χ4n) is 1.88. The van der Waals surface area contributed by atoms with Gasteiger partial charge in [0.05, 0.1) is 17.6 Å². The molecule has 0 aliphatic carbocycles. The molecule has 0 saturated heterocycles. The van der Waals surface area contributed by atoms with E-state index >= 15 is 0 Å². The zero-order valence-electron chi connectivity index (χ0n) is 9.60. The summed E-state index contributed by atoms with van der Waals surface area (Å²) in [6, 6.07) is 5.79. The molecule has 0 aliphatic rings. The lowest BCUT2D eigenvalue weighted by atomic mass is 10.3. The molecule has 4 nitrogen and oxygen atoms in total. The molecule has 1 aromatic heterocycles. The molecule has 0 aliphatic heterocycles. The summed E-state index contributed by atoms with van der Waals surface area (Å²) in [6.07, 6.45) is 0. The van der Waals surface area contributed by atoms with E-state index in [9.17, 15) is 0 Å². The molecular formula is C12H16N2O2. The van der Waals surface area contributed by atoms with E-state index in [0.717, 1.165) is 29.2 Å². The number of hydrogen-bond donors (Lipinski definition) is 1. The first-order valence-corrected chi connectivity index (χ1v) is 5.46. The van der Waals surface area contributed by atoms with E-state index in [4.69, 9.17) is 9.84 Å². The van der Waals surface area contributed by atoms with E-state index in [2.05, 4.69) is 16.5 Å². The van der Waals surface area contributed by atoms with Gasteiger partial charge >= 0.3 is 0 Å². The van der Waals surface area contributed by atoms with Gasteiger partial charge in [-0.15, -0.1) is 0 Å². The van der Waals surface area contributed by atoms with Gasteiger partial charge < -0.3 is 14.4 Å². The van der Waals surface area contributed by atoms with Gasteiger partial charge in [0.25, 0.3) is 0 Å². The number of aromatic nitrogens is 2. The van der Waals surface area contributed by atoms with Gasteiger partial charge in [0.1, 0.15) is 18.2 Å². The van der Waals surface area contributed by atoms with Crippen molar-refractivity contribution in [3.63, 3.8) is 0 Å². The van der Waals surface area contributed by atoms with E-state index in [-0.39, 0.29) is 6.61 Å². The van der Waals surface area contributed by atoms with Crippen LogP contribution in [0.5, 0.6) is 5.75 Å². The molecule has 0 saturated carbocycles. The third-order valence-corrected chi connectivity index (χ3v) is 2.59. The molecule has 0 bridgehead atoms. The molecule has 0 atom stereocenters. The van der Waals surface area contributed by atoms with Crippen molar-refractivity contribution in [2.75, 3.05) is 13.2 Å². The van der Waals surface area contributed by atoms with Crippen LogP contribution in [0.3, 0.4) is 0 Å². The monoisotopic (exact) mass is 220 g/mol. The second-order valence-electron chi connectivity index (χ2n) is 3.63. The first kappa shape index (κ1) is 11.0. The largest absolute Gasteiger partial charge is 0.491 e. The molecule has 16 heavy (non-hydrogen) atoms. The molecule has 0 fully saturated rings. The van der Waals surface area contributed by atoms with E-state index < -0.39 is 0 Å². The van der Waals surface area contributed by atoms with Crippen molar-refractivity contribution in [2.45, 2.75) is 20.4 Å². The molecule has 0 radical (unpaired) electrons. The summed E-state index contributed by atoms with van der Waals surface area (Å²) >= 11 is 0. The molecular weight excluding hydrogens is 204 g/mol. The molecule has 1 heterocycles. The predicted molar refractivity (Wildman–Crippen MR) is 62.7 cm³/mol. The van der Waals surface area contributed by atoms with Crippen LogP contribution in [0.4, 0.5) is 0 Å². The van der Waals surface area contributed by atoms with Crippen LogP contribution < -0.4 is 4.74 Å². The Morgan fingerprint density at radius 3 is 2.94 bits per heavy atom. The molecule has 0 unspecified atom stereocenters. The zero-order valence-corrected chi connectivity index (χ0v) is 9.60. The Bertz CT molecular complexity index is 491. The molecule has 1 N–H and O–H groups in total. The summed E-state index contributed by atoms with van der Waals surface area (Å²) in [7, 11) is 0. The molecule has 0 amide bonds. The lowest BCUT2D eigenvalue weighted by molar-refractivity contribution is 0.201. The van der Waals surface area contributed by atoms with Crippen LogP contribution in [0.25, 0.3) is 11.0 Å². The topological polar surface area (TPSA) is 47.3 Å². The van der Waals surface area contributed by atoms with Gasteiger partial charge in [0.2, 0.25) is 0 Å². The smallest absolute Gasteiger partial charge is 0.121 e. The highest BCUT2D eigenvalue weighted by molar-refractivity contribution is 5.77. The number of imidazole rings is 1. The molecule has 2 rings (SSSR count). The van der Waals surface area contributed by atoms with Gasteiger partial charge in [-0.05, 0) is 26.0 Å². The Morgan fingerprint density at radius 2 is 2.25 bits per heavy atom. The summed E-state index contributed by atoms with van der Waals surface area (Å²) < 4.78 is 7.52. The summed E-state index contributed by atoms with van der Waals surface area (Å²) in [5, 5.41) is 8.70. The maximum absolute atomic E-state index is 8.70. The van der Waals surface area contributed by atoms with Crippen molar-refractivity contribution in [3.05, 3.63) is 24.0 Å². The van der Waals surface area contributed by atoms with E-state index in [0.29, 0.717) is 6.61 Å². The Hall–Kier alpha value is -1.55. The Balaban J connectivity index is 2.42. The zero-order chi connectivity index (χ0) is 11.5. The van der Waals surface area contributed by atoms with E-state index in [1.807, 2.05) is 25.1 Å². The minimum atomic E-state index is 0.0318. The van der Waals surface area contributed by atoms with Crippen LogP contribution in [0.1, 0.15) is 12.7 Å². The van der Waals surface area contributed by atoms with Crippen LogP contribution >= 0.6 is 0 Å². The maximum Gasteiger partial charge on any atom is 0.121 e. The third kappa shape index (κ3) is 1.88. The number of rotatable bonds is 4. The number of ether oxygens (including phenoxy) is 1. The Labute approximate surface area is 94.5 Å². The number of nitrogens with zero attached hydrogens (tertiary/aromatic N) is 2. The minimum absolute atomic E-state index is 0.0318. The fraction of sp³-hybridized carbons (Fsp3) is 0.417. The van der Waals surface area contributed by atoms with Crippen molar-refractivity contribution in [2.24, 2.45) is 0 Å². The van der Waals surface area contributed by atoms with Gasteiger partial charge in [-0.25, -0.2) is 4.98 Å². The average Bonchev–Trinajstić information content (AvgIpc) is 2.61. The van der Waals surface area contributed by atoms with Crippen LogP contribution in [0, 0.1) is 6.92 Å². The van der Waals surface area contributed by atoms with Crippen LogP contribution in [-0.2, 0) is 6.54 Å². The number of benzene rings is 1. The second kappa shape index (κ2) is 4.53. The van der Waals surface area contributed by atoms with Crippen molar-refractivity contribution in [1.29, 1.82) is 0 Å². The normalized spacial score (nSPS) is 10.9. The van der Waals surface area contributed by atoms with Gasteiger partial charge in [0.15, 0.2) is 0 Å². The molecule has 4 heteroatoms. The molecule has 0 spiro atoms. The van der Waals surface area contributed by atoms with Crippen molar-refractivity contribution in [1.82, 2.24) is 9.55 Å². The standard InChI is InChI=1S/C12H16N2O2/c1-3-14-9(2)13-11-5-4-10(8-12(11)14)16-7-6-15/h4-5,8,15H,3,6-7H2,1-2H3. The lowest BCUT2D eigenvalue weighted by Gasteiger charge is -2.05. The Kier molecular flexibility index (Phi) is 3.10. The summed E-state index contributed by atoms with van der Waals surface area (Å²) in [5.41, 5.74) is 2.06. The van der Waals surface area contributed by atoms with Crippen molar-refractivity contribution in [3.8, 4) is 5.75 Å². The average molecular weight is 220 g/mol. The quantitative estimate of drug-likeness (QED) is 0.853. The fourth-order valence-corrected chi connectivity index (χ4v) is 1.88. The summed E-state index contributed by atoms with van der Waals surface area (Å²) in [5.74, 6) is 1.79. The van der Waals surface area contributed by atoms with Gasteiger partial charge in [-0.2, -0.15) is 0 Å². The first-order valence-electron chi connectivity index (χ1n) is 5.46.